The molecule has 3 nitrogen and oxygen atoms in total. The average molecular weight is 262 g/mol. The maximum atomic E-state index is 11.8. The number of hydrogen-bond donors (Lipinski definition) is 1. The summed E-state index contributed by atoms with van der Waals surface area (Å²) >= 11 is 4.44. The Labute approximate surface area is 113 Å². The number of carbonyl (C=O) groups is 1. The minimum Gasteiger partial charge on any atom is -0.350 e. The molecule has 18 heavy (non-hydrogen) atoms. The van der Waals surface area contributed by atoms with Gasteiger partial charge in [-0.25, -0.2) is 4.99 Å². The van der Waals surface area contributed by atoms with E-state index in [2.05, 4.69) is 48.5 Å². The van der Waals surface area contributed by atoms with Crippen molar-refractivity contribution >= 4 is 23.3 Å². The number of rotatable bonds is 4. The van der Waals surface area contributed by atoms with Crippen molar-refractivity contribution in [2.24, 2.45) is 4.99 Å². The Bertz CT molecular complexity index is 454. The second-order valence-corrected chi connectivity index (χ2v) is 5.24. The molecule has 0 unspecified atom stereocenters. The van der Waals surface area contributed by atoms with Gasteiger partial charge in [0.05, 0.1) is 11.7 Å². The molecular formula is C14H18N2OS. The van der Waals surface area contributed by atoms with Crippen LogP contribution >= 0.6 is 12.2 Å². The summed E-state index contributed by atoms with van der Waals surface area (Å²) in [7, 11) is 0. The summed E-state index contributed by atoms with van der Waals surface area (Å²) in [6.45, 7) is 7.38. The molecule has 0 saturated carbocycles. The van der Waals surface area contributed by atoms with Gasteiger partial charge in [-0.2, -0.15) is 0 Å². The van der Waals surface area contributed by atoms with Gasteiger partial charge in [-0.15, -0.1) is 0 Å². The Morgan fingerprint density at radius 2 is 1.94 bits per heavy atom. The molecule has 0 bridgehead atoms. The number of hydrogen-bond acceptors (Lipinski definition) is 3. The normalized spacial score (nSPS) is 10.6. The zero-order valence-electron chi connectivity index (χ0n) is 11.0. The Balaban J connectivity index is 2.62. The van der Waals surface area contributed by atoms with Gasteiger partial charge >= 0.3 is 0 Å². The second kappa shape index (κ2) is 6.43. The summed E-state index contributed by atoms with van der Waals surface area (Å²) in [5, 5.41) is 5.04. The quantitative estimate of drug-likeness (QED) is 0.515. The molecule has 0 heterocycles. The van der Waals surface area contributed by atoms with E-state index in [9.17, 15) is 4.79 Å². The highest BCUT2D eigenvalue weighted by Gasteiger charge is 2.13. The topological polar surface area (TPSA) is 41.5 Å². The van der Waals surface area contributed by atoms with Crippen molar-refractivity contribution in [1.29, 1.82) is 0 Å². The molecule has 0 aliphatic carbocycles. The Hall–Kier alpha value is -1.51. The van der Waals surface area contributed by atoms with Crippen molar-refractivity contribution < 1.29 is 4.79 Å². The summed E-state index contributed by atoms with van der Waals surface area (Å²) in [5.74, 6) is -0.0879. The van der Waals surface area contributed by atoms with E-state index >= 15 is 0 Å². The Morgan fingerprint density at radius 1 is 1.33 bits per heavy atom. The molecule has 0 fully saturated rings. The molecule has 96 valence electrons. The molecular weight excluding hydrogens is 244 g/mol. The van der Waals surface area contributed by atoms with Gasteiger partial charge in [-0.3, -0.25) is 4.79 Å². The van der Waals surface area contributed by atoms with E-state index in [4.69, 9.17) is 0 Å². The van der Waals surface area contributed by atoms with Gasteiger partial charge in [0.1, 0.15) is 0 Å². The SMILES string of the molecule is CC(C)(C)c1ccc(C(=O)NCCN=C=S)cc1. The number of isothiocyanates is 1. The van der Waals surface area contributed by atoms with E-state index < -0.39 is 0 Å². The van der Waals surface area contributed by atoms with Crippen molar-refractivity contribution in [3.05, 3.63) is 35.4 Å². The summed E-state index contributed by atoms with van der Waals surface area (Å²) in [4.78, 5) is 15.5. The molecule has 4 heteroatoms. The van der Waals surface area contributed by atoms with Gasteiger partial charge in [0.15, 0.2) is 0 Å². The Kier molecular flexibility index (Phi) is 5.20. The molecule has 0 atom stereocenters. The number of thiocarbonyl (C=S) groups is 1. The highest BCUT2D eigenvalue weighted by atomic mass is 32.1. The van der Waals surface area contributed by atoms with E-state index in [1.54, 1.807) is 0 Å². The lowest BCUT2D eigenvalue weighted by Gasteiger charge is -2.19. The number of aliphatic imine (C=N–C) groups is 1. The van der Waals surface area contributed by atoms with Gasteiger partial charge in [0.2, 0.25) is 0 Å². The van der Waals surface area contributed by atoms with E-state index in [1.165, 1.54) is 5.56 Å². The first-order chi connectivity index (χ1) is 8.45. The molecule has 1 aromatic carbocycles. The molecule has 1 rings (SSSR count). The number of carbonyl (C=O) groups excluding carboxylic acids is 1. The molecule has 1 aromatic rings. The summed E-state index contributed by atoms with van der Waals surface area (Å²) in [6.07, 6.45) is 0. The first-order valence-electron chi connectivity index (χ1n) is 5.87. The molecule has 0 aliphatic heterocycles. The molecule has 1 N–H and O–H groups in total. The van der Waals surface area contributed by atoms with Gasteiger partial charge < -0.3 is 5.32 Å². The zero-order valence-corrected chi connectivity index (χ0v) is 11.8. The Morgan fingerprint density at radius 3 is 2.44 bits per heavy atom. The van der Waals surface area contributed by atoms with Crippen LogP contribution in [-0.2, 0) is 5.41 Å². The minimum atomic E-state index is -0.0879. The summed E-state index contributed by atoms with van der Waals surface area (Å²) < 4.78 is 0. The first-order valence-corrected chi connectivity index (χ1v) is 6.28. The molecule has 0 aromatic heterocycles. The molecule has 0 aliphatic rings. The third-order valence-electron chi connectivity index (χ3n) is 2.59. The fraction of sp³-hybridized carbons (Fsp3) is 0.429. The molecule has 0 spiro atoms. The summed E-state index contributed by atoms with van der Waals surface area (Å²) in [5.41, 5.74) is 1.97. The average Bonchev–Trinajstić information content (AvgIpc) is 2.33. The van der Waals surface area contributed by atoms with E-state index in [0.717, 1.165) is 0 Å². The van der Waals surface area contributed by atoms with Gasteiger partial charge in [-0.1, -0.05) is 32.9 Å². The fourth-order valence-electron chi connectivity index (χ4n) is 1.49. The van der Waals surface area contributed by atoms with Gasteiger partial charge in [0.25, 0.3) is 5.91 Å². The number of nitrogens with zero attached hydrogens (tertiary/aromatic N) is 1. The largest absolute Gasteiger partial charge is 0.350 e. The van der Waals surface area contributed by atoms with Crippen molar-refractivity contribution in [1.82, 2.24) is 5.32 Å². The van der Waals surface area contributed by atoms with Crippen LogP contribution in [0.1, 0.15) is 36.7 Å². The molecule has 0 radical (unpaired) electrons. The van der Waals surface area contributed by atoms with Crippen molar-refractivity contribution in [2.75, 3.05) is 13.1 Å². The highest BCUT2D eigenvalue weighted by molar-refractivity contribution is 7.78. The first kappa shape index (κ1) is 14.6. The smallest absolute Gasteiger partial charge is 0.251 e. The van der Waals surface area contributed by atoms with Crippen LogP contribution in [-0.4, -0.2) is 24.2 Å². The van der Waals surface area contributed by atoms with Crippen LogP contribution in [0.2, 0.25) is 0 Å². The lowest BCUT2D eigenvalue weighted by molar-refractivity contribution is 0.0955. The van der Waals surface area contributed by atoms with Crippen LogP contribution in [0.4, 0.5) is 0 Å². The van der Waals surface area contributed by atoms with Gasteiger partial charge in [-0.05, 0) is 35.3 Å². The monoisotopic (exact) mass is 262 g/mol. The van der Waals surface area contributed by atoms with Crippen LogP contribution in [0.5, 0.6) is 0 Å². The predicted octanol–water partition coefficient (Wildman–Crippen LogP) is 2.82. The number of nitrogens with one attached hydrogen (secondary N) is 1. The van der Waals surface area contributed by atoms with Gasteiger partial charge in [0, 0.05) is 12.1 Å². The second-order valence-electron chi connectivity index (χ2n) is 5.06. The van der Waals surface area contributed by atoms with Crippen LogP contribution in [0.25, 0.3) is 0 Å². The zero-order chi connectivity index (χ0) is 13.6. The van der Waals surface area contributed by atoms with Crippen molar-refractivity contribution in [2.45, 2.75) is 26.2 Å². The fourth-order valence-corrected chi connectivity index (χ4v) is 1.59. The third-order valence-corrected chi connectivity index (χ3v) is 2.72. The molecule has 0 saturated heterocycles. The van der Waals surface area contributed by atoms with Crippen molar-refractivity contribution in [3.8, 4) is 0 Å². The third kappa shape index (κ3) is 4.40. The predicted molar refractivity (Wildman–Crippen MR) is 77.4 cm³/mol. The lowest BCUT2D eigenvalue weighted by Crippen LogP contribution is -2.26. The van der Waals surface area contributed by atoms with E-state index in [0.29, 0.717) is 18.7 Å². The van der Waals surface area contributed by atoms with Crippen LogP contribution < -0.4 is 5.32 Å². The van der Waals surface area contributed by atoms with Crippen LogP contribution in [0, 0.1) is 0 Å². The standard InChI is InChI=1S/C14H18N2OS/c1-14(2,3)12-6-4-11(5-7-12)13(17)16-9-8-15-10-18/h4-7H,8-9H2,1-3H3,(H,16,17). The maximum Gasteiger partial charge on any atom is 0.251 e. The van der Waals surface area contributed by atoms with E-state index in [1.807, 2.05) is 24.3 Å². The maximum absolute atomic E-state index is 11.8. The number of benzene rings is 1. The highest BCUT2D eigenvalue weighted by Crippen LogP contribution is 2.22. The summed E-state index contributed by atoms with van der Waals surface area (Å²) in [6, 6.07) is 7.67. The van der Waals surface area contributed by atoms with E-state index in [-0.39, 0.29) is 11.3 Å². The van der Waals surface area contributed by atoms with Crippen molar-refractivity contribution in [3.63, 3.8) is 0 Å². The van der Waals surface area contributed by atoms with Crippen LogP contribution in [0.15, 0.2) is 29.3 Å². The van der Waals surface area contributed by atoms with Crippen LogP contribution in [0.3, 0.4) is 0 Å². The lowest BCUT2D eigenvalue weighted by atomic mass is 9.87. The molecule has 1 amide bonds. The number of amides is 1. The minimum absolute atomic E-state index is 0.0879.